The van der Waals surface area contributed by atoms with Gasteiger partial charge in [0, 0.05) is 11.9 Å². The van der Waals surface area contributed by atoms with Crippen LogP contribution in [0.25, 0.3) is 6.08 Å². The van der Waals surface area contributed by atoms with E-state index in [0.717, 1.165) is 22.6 Å². The first-order valence-electron chi connectivity index (χ1n) is 10.0. The van der Waals surface area contributed by atoms with E-state index in [9.17, 15) is 4.79 Å². The van der Waals surface area contributed by atoms with Gasteiger partial charge in [0.1, 0.15) is 12.4 Å². The number of amides is 1. The van der Waals surface area contributed by atoms with Crippen molar-refractivity contribution in [2.75, 3.05) is 6.54 Å². The molecule has 0 radical (unpaired) electrons. The molecule has 0 aliphatic carbocycles. The van der Waals surface area contributed by atoms with E-state index < -0.39 is 0 Å². The lowest BCUT2D eigenvalue weighted by atomic mass is 10.1. The van der Waals surface area contributed by atoms with Crippen molar-refractivity contribution in [1.29, 1.82) is 0 Å². The zero-order valence-corrected chi connectivity index (χ0v) is 19.3. The van der Waals surface area contributed by atoms with Gasteiger partial charge in [-0.05, 0) is 61.9 Å². The van der Waals surface area contributed by atoms with Crippen LogP contribution >= 0.6 is 23.1 Å². The summed E-state index contributed by atoms with van der Waals surface area (Å²) in [4.78, 5) is 24.1. The van der Waals surface area contributed by atoms with Gasteiger partial charge in [-0.1, -0.05) is 42.0 Å². The summed E-state index contributed by atoms with van der Waals surface area (Å²) < 4.78 is 5.87. The third-order valence-corrected chi connectivity index (χ3v) is 6.57. The van der Waals surface area contributed by atoms with Gasteiger partial charge in [-0.25, -0.2) is 4.98 Å². The number of thiazole rings is 1. The Morgan fingerprint density at radius 3 is 2.48 bits per heavy atom. The predicted molar refractivity (Wildman–Crippen MR) is 129 cm³/mol. The average Bonchev–Trinajstić information content (AvgIpc) is 3.31. The van der Waals surface area contributed by atoms with E-state index in [0.29, 0.717) is 28.4 Å². The van der Waals surface area contributed by atoms with Gasteiger partial charge in [-0.3, -0.25) is 9.69 Å². The number of likely N-dealkylation sites (N-methyl/N-ethyl adjacent to an activating group) is 1. The highest BCUT2D eigenvalue weighted by Crippen LogP contribution is 2.34. The summed E-state index contributed by atoms with van der Waals surface area (Å²) in [6.07, 6.45) is 1.90. The van der Waals surface area contributed by atoms with Crippen molar-refractivity contribution in [3.63, 3.8) is 0 Å². The quantitative estimate of drug-likeness (QED) is 0.436. The van der Waals surface area contributed by atoms with E-state index in [2.05, 4.69) is 41.2 Å². The number of carbonyl (C=O) groups is 1. The van der Waals surface area contributed by atoms with Crippen molar-refractivity contribution in [2.45, 2.75) is 27.4 Å². The summed E-state index contributed by atoms with van der Waals surface area (Å²) in [5, 5.41) is 3.30. The molecule has 5 nitrogen and oxygen atoms in total. The summed E-state index contributed by atoms with van der Waals surface area (Å²) in [5.74, 6) is 0.768. The van der Waals surface area contributed by atoms with E-state index in [-0.39, 0.29) is 5.91 Å². The van der Waals surface area contributed by atoms with Gasteiger partial charge in [0.05, 0.1) is 10.6 Å². The van der Waals surface area contributed by atoms with Gasteiger partial charge in [0.15, 0.2) is 5.17 Å². The second-order valence-corrected chi connectivity index (χ2v) is 9.01. The van der Waals surface area contributed by atoms with Crippen LogP contribution in [0.5, 0.6) is 5.75 Å². The van der Waals surface area contributed by atoms with Crippen molar-refractivity contribution in [3.8, 4) is 5.75 Å². The minimum absolute atomic E-state index is 0.0285. The van der Waals surface area contributed by atoms with Crippen LogP contribution in [0.15, 0.2) is 63.8 Å². The summed E-state index contributed by atoms with van der Waals surface area (Å²) in [7, 11) is 0. The van der Waals surface area contributed by atoms with Crippen LogP contribution < -0.4 is 4.74 Å². The van der Waals surface area contributed by atoms with E-state index >= 15 is 0 Å². The molecule has 7 heteroatoms. The predicted octanol–water partition coefficient (Wildman–Crippen LogP) is 5.96. The molecule has 2 heterocycles. The van der Waals surface area contributed by atoms with Gasteiger partial charge in [0.2, 0.25) is 5.13 Å². The highest BCUT2D eigenvalue weighted by Gasteiger charge is 2.32. The Morgan fingerprint density at radius 2 is 1.84 bits per heavy atom. The van der Waals surface area contributed by atoms with Crippen molar-refractivity contribution in [3.05, 3.63) is 81.2 Å². The number of ether oxygens (including phenoxy) is 1. The molecule has 1 fully saturated rings. The number of rotatable bonds is 6. The molecule has 31 heavy (non-hydrogen) atoms. The molecule has 1 aliphatic rings. The van der Waals surface area contributed by atoms with Crippen molar-refractivity contribution in [1.82, 2.24) is 9.88 Å². The standard InChI is InChI=1S/C24H23N3O2S2/c1-4-27-22(28)21(31-24(27)26-23-25-17(3)15-30-23)13-18-9-11-20(12-10-18)29-14-19-7-5-16(2)6-8-19/h5-13,15H,4,14H2,1-3H3/b21-13-,26-24+. The number of aliphatic imine (C=N–C) groups is 1. The molecule has 1 amide bonds. The molecular formula is C24H23N3O2S2. The third-order valence-electron chi connectivity index (χ3n) is 4.71. The number of benzene rings is 2. The monoisotopic (exact) mass is 449 g/mol. The molecule has 1 aromatic heterocycles. The molecule has 2 aromatic carbocycles. The zero-order chi connectivity index (χ0) is 21.8. The summed E-state index contributed by atoms with van der Waals surface area (Å²) in [5.41, 5.74) is 4.24. The van der Waals surface area contributed by atoms with Crippen LogP contribution in [0, 0.1) is 13.8 Å². The van der Waals surface area contributed by atoms with Gasteiger partial charge in [-0.15, -0.1) is 11.3 Å². The second kappa shape index (κ2) is 9.49. The van der Waals surface area contributed by atoms with E-state index in [4.69, 9.17) is 4.74 Å². The Balaban J connectivity index is 1.45. The molecule has 0 bridgehead atoms. The fourth-order valence-electron chi connectivity index (χ4n) is 3.01. The number of hydrogen-bond acceptors (Lipinski definition) is 6. The van der Waals surface area contributed by atoms with Crippen LogP contribution in [-0.4, -0.2) is 27.5 Å². The van der Waals surface area contributed by atoms with Crippen LogP contribution in [0.2, 0.25) is 0 Å². The zero-order valence-electron chi connectivity index (χ0n) is 17.7. The lowest BCUT2D eigenvalue weighted by Gasteiger charge is -2.11. The normalized spacial score (nSPS) is 16.5. The molecule has 0 spiro atoms. The number of aromatic nitrogens is 1. The fraction of sp³-hybridized carbons (Fsp3) is 0.208. The number of nitrogens with zero attached hydrogens (tertiary/aromatic N) is 3. The molecule has 158 valence electrons. The third kappa shape index (κ3) is 5.24. The Bertz CT molecular complexity index is 1130. The molecule has 0 saturated carbocycles. The Hall–Kier alpha value is -2.90. The summed E-state index contributed by atoms with van der Waals surface area (Å²) in [6.45, 7) is 7.04. The summed E-state index contributed by atoms with van der Waals surface area (Å²) >= 11 is 2.86. The number of amidine groups is 1. The van der Waals surface area contributed by atoms with Crippen LogP contribution in [0.4, 0.5) is 5.13 Å². The average molecular weight is 450 g/mol. The Kier molecular flexibility index (Phi) is 6.53. The lowest BCUT2D eigenvalue weighted by molar-refractivity contribution is -0.122. The first-order valence-corrected chi connectivity index (χ1v) is 11.7. The van der Waals surface area contributed by atoms with Gasteiger partial charge in [-0.2, -0.15) is 4.99 Å². The van der Waals surface area contributed by atoms with Gasteiger partial charge < -0.3 is 4.74 Å². The van der Waals surface area contributed by atoms with E-state index in [1.807, 2.05) is 49.6 Å². The largest absolute Gasteiger partial charge is 0.489 e. The molecule has 0 unspecified atom stereocenters. The van der Waals surface area contributed by atoms with Crippen LogP contribution in [0.3, 0.4) is 0 Å². The molecule has 3 aromatic rings. The minimum atomic E-state index is -0.0285. The van der Waals surface area contributed by atoms with Crippen molar-refractivity contribution < 1.29 is 9.53 Å². The van der Waals surface area contributed by atoms with E-state index in [1.54, 1.807) is 4.90 Å². The Morgan fingerprint density at radius 1 is 1.10 bits per heavy atom. The van der Waals surface area contributed by atoms with Gasteiger partial charge in [0.25, 0.3) is 5.91 Å². The SMILES string of the molecule is CCN1C(=O)/C(=C/c2ccc(OCc3ccc(C)cc3)cc2)S/C1=N/c1nc(C)cs1. The highest BCUT2D eigenvalue weighted by atomic mass is 32.2. The summed E-state index contributed by atoms with van der Waals surface area (Å²) in [6, 6.07) is 16.1. The first-order chi connectivity index (χ1) is 15.0. The van der Waals surface area contributed by atoms with Gasteiger partial charge >= 0.3 is 0 Å². The van der Waals surface area contributed by atoms with Crippen LogP contribution in [0.1, 0.15) is 29.3 Å². The molecule has 1 saturated heterocycles. The number of carbonyl (C=O) groups excluding carboxylic acids is 1. The first kappa shape index (κ1) is 21.3. The van der Waals surface area contributed by atoms with E-state index in [1.165, 1.54) is 28.7 Å². The lowest BCUT2D eigenvalue weighted by Crippen LogP contribution is -2.28. The second-order valence-electron chi connectivity index (χ2n) is 7.17. The molecule has 1 aliphatic heterocycles. The molecule has 0 atom stereocenters. The minimum Gasteiger partial charge on any atom is -0.489 e. The maximum absolute atomic E-state index is 12.8. The number of aryl methyl sites for hydroxylation is 2. The number of hydrogen-bond donors (Lipinski definition) is 0. The van der Waals surface area contributed by atoms with Crippen molar-refractivity contribution >= 4 is 45.4 Å². The highest BCUT2D eigenvalue weighted by molar-refractivity contribution is 8.18. The molecule has 0 N–H and O–H groups in total. The fourth-order valence-corrected chi connectivity index (χ4v) is 4.77. The topological polar surface area (TPSA) is 54.8 Å². The maximum atomic E-state index is 12.8. The molecule has 4 rings (SSSR count). The van der Waals surface area contributed by atoms with Crippen molar-refractivity contribution in [2.24, 2.45) is 4.99 Å². The maximum Gasteiger partial charge on any atom is 0.266 e. The smallest absolute Gasteiger partial charge is 0.266 e. The Labute approximate surface area is 190 Å². The molecular weight excluding hydrogens is 426 g/mol. The van der Waals surface area contributed by atoms with Crippen LogP contribution in [-0.2, 0) is 11.4 Å². The number of thioether (sulfide) groups is 1.